The lowest BCUT2D eigenvalue weighted by molar-refractivity contribution is -0.162. The van der Waals surface area contributed by atoms with Gasteiger partial charge in [0.2, 0.25) is 0 Å². The molecule has 3 aliphatic rings. The maximum Gasteiger partial charge on any atom is 0.192 e. The van der Waals surface area contributed by atoms with E-state index in [-0.39, 0.29) is 22.7 Å². The molecule has 0 amide bonds. The summed E-state index contributed by atoms with van der Waals surface area (Å²) < 4.78 is 13.0. The monoisotopic (exact) mass is 360 g/mol. The van der Waals surface area contributed by atoms with Gasteiger partial charge < -0.3 is 9.16 Å². The van der Waals surface area contributed by atoms with Crippen LogP contribution >= 0.6 is 0 Å². The topological polar surface area (TPSA) is 35.5 Å². The molecule has 3 atom stereocenters. The lowest BCUT2D eigenvalue weighted by Crippen LogP contribution is -2.59. The maximum atomic E-state index is 12.7. The summed E-state index contributed by atoms with van der Waals surface area (Å²) in [6.45, 7) is 11.9. The predicted molar refractivity (Wildman–Crippen MR) is 103 cm³/mol. The quantitative estimate of drug-likeness (QED) is 0.685. The Labute approximate surface area is 153 Å². The second-order valence-electron chi connectivity index (χ2n) is 9.37. The van der Waals surface area contributed by atoms with E-state index >= 15 is 0 Å². The average Bonchev–Trinajstić information content (AvgIpc) is 2.52. The van der Waals surface area contributed by atoms with E-state index in [1.54, 1.807) is 0 Å². The fourth-order valence-electron chi connectivity index (χ4n) is 3.97. The van der Waals surface area contributed by atoms with Crippen LogP contribution in [0.5, 0.6) is 0 Å². The van der Waals surface area contributed by atoms with Gasteiger partial charge >= 0.3 is 0 Å². The molecule has 3 aliphatic carbocycles. The molecule has 3 nitrogen and oxygen atoms in total. The normalized spacial score (nSPS) is 29.9. The van der Waals surface area contributed by atoms with Crippen LogP contribution in [0.4, 0.5) is 0 Å². The van der Waals surface area contributed by atoms with Crippen molar-refractivity contribution >= 4 is 14.1 Å². The summed E-state index contributed by atoms with van der Waals surface area (Å²) in [5, 5.41) is 0.152. The van der Waals surface area contributed by atoms with Gasteiger partial charge in [-0.25, -0.2) is 0 Å². The van der Waals surface area contributed by atoms with Gasteiger partial charge in [0.15, 0.2) is 8.32 Å². The number of benzene rings is 1. The number of carbonyl (C=O) groups is 1. The molecule has 0 unspecified atom stereocenters. The van der Waals surface area contributed by atoms with E-state index in [0.717, 1.165) is 24.8 Å². The van der Waals surface area contributed by atoms with Crippen molar-refractivity contribution < 1.29 is 14.0 Å². The minimum atomic E-state index is -1.91. The standard InChI is InChI=1S/C21H32O3Si/c1-20(2,3)25(4,5)24-21-12-11-17(18(22)13-21)19(14-21)23-15-16-9-7-6-8-10-16/h6-10,17,19H,11-15H2,1-5H3/t17-,19-,21-/m0/s1. The molecule has 4 heteroatoms. The van der Waals surface area contributed by atoms with Gasteiger partial charge in [-0.05, 0) is 36.5 Å². The predicted octanol–water partition coefficient (Wildman–Crippen LogP) is 5.11. The molecule has 1 aromatic carbocycles. The molecular formula is C21H32O3Si. The van der Waals surface area contributed by atoms with Crippen LogP contribution in [0, 0.1) is 5.92 Å². The molecular weight excluding hydrogens is 328 g/mol. The minimum absolute atomic E-state index is 0.0000236. The van der Waals surface area contributed by atoms with Gasteiger partial charge in [0.1, 0.15) is 5.78 Å². The van der Waals surface area contributed by atoms with Gasteiger partial charge in [0, 0.05) is 18.8 Å². The Morgan fingerprint density at radius 2 is 1.88 bits per heavy atom. The van der Waals surface area contributed by atoms with Crippen molar-refractivity contribution in [3.63, 3.8) is 0 Å². The number of hydrogen-bond donors (Lipinski definition) is 0. The molecule has 0 aromatic heterocycles. The van der Waals surface area contributed by atoms with Crippen LogP contribution in [0.2, 0.25) is 18.1 Å². The second-order valence-corrected chi connectivity index (χ2v) is 14.1. The zero-order valence-electron chi connectivity index (χ0n) is 16.3. The zero-order chi connectivity index (χ0) is 18.3. The van der Waals surface area contributed by atoms with Crippen molar-refractivity contribution in [2.75, 3.05) is 0 Å². The largest absolute Gasteiger partial charge is 0.411 e. The smallest absolute Gasteiger partial charge is 0.192 e. The highest BCUT2D eigenvalue weighted by atomic mass is 28.4. The van der Waals surface area contributed by atoms with Crippen molar-refractivity contribution in [1.82, 2.24) is 0 Å². The Balaban J connectivity index is 1.72. The molecule has 4 rings (SSSR count). The van der Waals surface area contributed by atoms with Gasteiger partial charge in [0.25, 0.3) is 0 Å². The second kappa shape index (κ2) is 6.64. The molecule has 0 saturated heterocycles. The number of Topliss-reactive ketones (excluding diaryl/α,β-unsaturated/α-hetero) is 1. The number of fused-ring (bicyclic) bond motifs is 3. The van der Waals surface area contributed by atoms with Gasteiger partial charge in [-0.15, -0.1) is 0 Å². The van der Waals surface area contributed by atoms with E-state index in [1.165, 1.54) is 0 Å². The van der Waals surface area contributed by atoms with E-state index < -0.39 is 8.32 Å². The summed E-state index contributed by atoms with van der Waals surface area (Å²) in [6, 6.07) is 10.2. The maximum absolute atomic E-state index is 12.7. The Bertz CT molecular complexity index is 620. The molecule has 3 saturated carbocycles. The molecule has 0 aliphatic heterocycles. The number of ketones is 1. The first-order chi connectivity index (χ1) is 11.6. The highest BCUT2D eigenvalue weighted by molar-refractivity contribution is 6.74. The fourth-order valence-corrected chi connectivity index (χ4v) is 5.61. The highest BCUT2D eigenvalue weighted by Crippen LogP contribution is 2.50. The minimum Gasteiger partial charge on any atom is -0.411 e. The molecule has 0 heterocycles. The fraction of sp³-hybridized carbons (Fsp3) is 0.667. The number of carbonyl (C=O) groups excluding carboxylic acids is 1. The first-order valence-corrected chi connectivity index (χ1v) is 12.4. The summed E-state index contributed by atoms with van der Waals surface area (Å²) in [5.74, 6) is 0.405. The third kappa shape index (κ3) is 3.91. The van der Waals surface area contributed by atoms with E-state index in [4.69, 9.17) is 9.16 Å². The number of ether oxygens (including phenoxy) is 1. The lowest BCUT2D eigenvalue weighted by atomic mass is 9.65. The van der Waals surface area contributed by atoms with Crippen molar-refractivity contribution in [2.24, 2.45) is 5.92 Å². The summed E-state index contributed by atoms with van der Waals surface area (Å²) in [6.07, 6.45) is 3.35. The first-order valence-electron chi connectivity index (χ1n) is 9.50. The van der Waals surface area contributed by atoms with Crippen molar-refractivity contribution in [1.29, 1.82) is 0 Å². The van der Waals surface area contributed by atoms with Crippen LogP contribution in [0.1, 0.15) is 52.0 Å². The molecule has 0 N–H and O–H groups in total. The van der Waals surface area contributed by atoms with E-state index in [1.807, 2.05) is 18.2 Å². The number of hydrogen-bond acceptors (Lipinski definition) is 3. The van der Waals surface area contributed by atoms with Crippen molar-refractivity contribution in [2.45, 2.75) is 82.9 Å². The molecule has 3 fully saturated rings. The Morgan fingerprint density at radius 3 is 2.48 bits per heavy atom. The first kappa shape index (κ1) is 18.8. The summed E-state index contributed by atoms with van der Waals surface area (Å²) in [5.41, 5.74) is 0.867. The van der Waals surface area contributed by atoms with Crippen LogP contribution in [0.25, 0.3) is 0 Å². The van der Waals surface area contributed by atoms with Gasteiger partial charge in [-0.1, -0.05) is 51.1 Å². The molecule has 0 spiro atoms. The van der Waals surface area contributed by atoms with E-state index in [9.17, 15) is 4.79 Å². The summed E-state index contributed by atoms with van der Waals surface area (Å²) >= 11 is 0. The van der Waals surface area contributed by atoms with E-state index in [2.05, 4.69) is 46.0 Å². The Hall–Kier alpha value is -0.973. The van der Waals surface area contributed by atoms with Gasteiger partial charge in [-0.2, -0.15) is 0 Å². The van der Waals surface area contributed by atoms with E-state index in [0.29, 0.717) is 18.8 Å². The third-order valence-corrected chi connectivity index (χ3v) is 11.0. The molecule has 0 radical (unpaired) electrons. The van der Waals surface area contributed by atoms with Gasteiger partial charge in [0.05, 0.1) is 18.3 Å². The highest BCUT2D eigenvalue weighted by Gasteiger charge is 2.55. The van der Waals surface area contributed by atoms with Crippen LogP contribution in [0.3, 0.4) is 0 Å². The lowest BCUT2D eigenvalue weighted by Gasteiger charge is -2.53. The molecule has 2 bridgehead atoms. The summed E-state index contributed by atoms with van der Waals surface area (Å²) in [7, 11) is -1.91. The van der Waals surface area contributed by atoms with Crippen LogP contribution in [0.15, 0.2) is 30.3 Å². The summed E-state index contributed by atoms with van der Waals surface area (Å²) in [4.78, 5) is 12.7. The zero-order valence-corrected chi connectivity index (χ0v) is 17.3. The average molecular weight is 361 g/mol. The van der Waals surface area contributed by atoms with Crippen LogP contribution in [-0.4, -0.2) is 25.8 Å². The third-order valence-electron chi connectivity index (χ3n) is 6.43. The molecule has 1 aromatic rings. The SMILES string of the molecule is CC(C)(C)[Si](C)(C)O[C@@]12CC[C@@H](C(=O)C1)[C@@H](OCc1ccccc1)C2. The number of rotatable bonds is 5. The van der Waals surface area contributed by atoms with Crippen LogP contribution < -0.4 is 0 Å². The van der Waals surface area contributed by atoms with Crippen molar-refractivity contribution in [3.8, 4) is 0 Å². The molecule has 138 valence electrons. The Kier molecular flexibility index (Phi) is 4.99. The van der Waals surface area contributed by atoms with Crippen molar-refractivity contribution in [3.05, 3.63) is 35.9 Å². The Morgan fingerprint density at radius 1 is 1.20 bits per heavy atom. The van der Waals surface area contributed by atoms with Gasteiger partial charge in [-0.3, -0.25) is 4.79 Å². The van der Waals surface area contributed by atoms with Crippen LogP contribution in [-0.2, 0) is 20.6 Å². The molecule has 25 heavy (non-hydrogen) atoms.